The maximum absolute atomic E-state index is 3.77. The monoisotopic (exact) mass is 258 g/mol. The van der Waals surface area contributed by atoms with Crippen molar-refractivity contribution in [1.82, 2.24) is 10.2 Å². The third-order valence-corrected chi connectivity index (χ3v) is 4.88. The largest absolute Gasteiger partial charge is 0.313 e. The van der Waals surface area contributed by atoms with Crippen molar-refractivity contribution < 1.29 is 0 Å². The van der Waals surface area contributed by atoms with Crippen LogP contribution in [0.25, 0.3) is 0 Å². The van der Waals surface area contributed by atoms with Crippen molar-refractivity contribution in [3.05, 3.63) is 35.4 Å². The van der Waals surface area contributed by atoms with Crippen molar-refractivity contribution in [2.24, 2.45) is 0 Å². The van der Waals surface area contributed by atoms with Crippen LogP contribution < -0.4 is 5.32 Å². The van der Waals surface area contributed by atoms with Gasteiger partial charge in [0, 0.05) is 12.1 Å². The molecule has 1 aliphatic carbocycles. The van der Waals surface area contributed by atoms with E-state index in [1.807, 2.05) is 0 Å². The van der Waals surface area contributed by atoms with E-state index in [9.17, 15) is 0 Å². The molecular weight excluding hydrogens is 232 g/mol. The number of hydrogen-bond acceptors (Lipinski definition) is 2. The molecule has 0 bridgehead atoms. The summed E-state index contributed by atoms with van der Waals surface area (Å²) in [4.78, 5) is 2.55. The Morgan fingerprint density at radius 3 is 2.58 bits per heavy atom. The lowest BCUT2D eigenvalue weighted by atomic mass is 10.00. The summed E-state index contributed by atoms with van der Waals surface area (Å²) in [7, 11) is 2.29. The number of fused-ring (bicyclic) bond motifs is 1. The minimum atomic E-state index is 0.672. The van der Waals surface area contributed by atoms with Crippen LogP contribution in [0.2, 0.25) is 0 Å². The summed E-state index contributed by atoms with van der Waals surface area (Å²) in [6.45, 7) is 2.47. The second kappa shape index (κ2) is 6.06. The van der Waals surface area contributed by atoms with Crippen molar-refractivity contribution in [2.45, 2.75) is 50.6 Å². The molecule has 2 heteroatoms. The minimum Gasteiger partial charge on any atom is -0.313 e. The highest BCUT2D eigenvalue weighted by Crippen LogP contribution is 2.22. The SMILES string of the molecule is CN1CCCCC1CCNC1Cc2ccccc2C1. The quantitative estimate of drug-likeness (QED) is 0.893. The maximum atomic E-state index is 3.77. The fourth-order valence-corrected chi connectivity index (χ4v) is 3.67. The molecule has 1 aliphatic heterocycles. The van der Waals surface area contributed by atoms with Crippen LogP contribution in [-0.2, 0) is 12.8 Å². The van der Waals surface area contributed by atoms with Gasteiger partial charge in [0.15, 0.2) is 0 Å². The zero-order valence-electron chi connectivity index (χ0n) is 12.1. The number of nitrogens with one attached hydrogen (secondary N) is 1. The molecule has 1 fully saturated rings. The molecular formula is C17H26N2. The molecule has 1 aromatic rings. The Labute approximate surface area is 117 Å². The van der Waals surface area contributed by atoms with Crippen LogP contribution >= 0.6 is 0 Å². The smallest absolute Gasteiger partial charge is 0.0148 e. The van der Waals surface area contributed by atoms with Gasteiger partial charge in [-0.1, -0.05) is 30.7 Å². The zero-order valence-corrected chi connectivity index (χ0v) is 12.1. The Hall–Kier alpha value is -0.860. The van der Waals surface area contributed by atoms with Crippen LogP contribution in [0.5, 0.6) is 0 Å². The second-order valence-electron chi connectivity index (χ2n) is 6.25. The molecule has 0 aromatic heterocycles. The highest BCUT2D eigenvalue weighted by molar-refractivity contribution is 5.33. The van der Waals surface area contributed by atoms with Crippen LogP contribution in [0.4, 0.5) is 0 Å². The number of likely N-dealkylation sites (tertiary alicyclic amines) is 1. The number of benzene rings is 1. The fourth-order valence-electron chi connectivity index (χ4n) is 3.67. The summed E-state index contributed by atoms with van der Waals surface area (Å²) in [6.07, 6.45) is 7.95. The first-order chi connectivity index (χ1) is 9.33. The number of rotatable bonds is 4. The predicted molar refractivity (Wildman–Crippen MR) is 80.5 cm³/mol. The molecule has 0 spiro atoms. The lowest BCUT2D eigenvalue weighted by Gasteiger charge is -2.32. The van der Waals surface area contributed by atoms with Gasteiger partial charge in [-0.05, 0) is 63.4 Å². The second-order valence-corrected chi connectivity index (χ2v) is 6.25. The topological polar surface area (TPSA) is 15.3 Å². The number of piperidine rings is 1. The van der Waals surface area contributed by atoms with Gasteiger partial charge in [0.1, 0.15) is 0 Å². The summed E-state index contributed by atoms with van der Waals surface area (Å²) < 4.78 is 0. The van der Waals surface area contributed by atoms with Gasteiger partial charge >= 0.3 is 0 Å². The van der Waals surface area contributed by atoms with Crippen LogP contribution in [0.15, 0.2) is 24.3 Å². The first-order valence-electron chi connectivity index (χ1n) is 7.83. The Morgan fingerprint density at radius 1 is 1.16 bits per heavy atom. The van der Waals surface area contributed by atoms with Gasteiger partial charge < -0.3 is 10.2 Å². The molecule has 1 unspecified atom stereocenters. The molecule has 0 amide bonds. The van der Waals surface area contributed by atoms with Gasteiger partial charge in [-0.2, -0.15) is 0 Å². The number of hydrogen-bond donors (Lipinski definition) is 1. The average molecular weight is 258 g/mol. The Bertz CT molecular complexity index is 390. The van der Waals surface area contributed by atoms with E-state index in [0.29, 0.717) is 6.04 Å². The van der Waals surface area contributed by atoms with Gasteiger partial charge in [-0.3, -0.25) is 0 Å². The van der Waals surface area contributed by atoms with E-state index < -0.39 is 0 Å². The third kappa shape index (κ3) is 3.18. The standard InChI is InChI=1S/C17H26N2/c1-19-11-5-4-8-17(19)9-10-18-16-12-14-6-2-3-7-15(14)13-16/h2-3,6-7,16-18H,4-5,8-13H2,1H3. The van der Waals surface area contributed by atoms with Crippen molar-refractivity contribution in [1.29, 1.82) is 0 Å². The van der Waals surface area contributed by atoms with E-state index in [0.717, 1.165) is 6.04 Å². The number of nitrogens with zero attached hydrogens (tertiary/aromatic N) is 1. The Morgan fingerprint density at radius 2 is 1.89 bits per heavy atom. The molecule has 1 N–H and O–H groups in total. The molecule has 0 radical (unpaired) electrons. The van der Waals surface area contributed by atoms with E-state index in [1.165, 1.54) is 51.6 Å². The van der Waals surface area contributed by atoms with Gasteiger partial charge in [-0.15, -0.1) is 0 Å². The summed E-state index contributed by atoms with van der Waals surface area (Å²) in [5.41, 5.74) is 3.10. The van der Waals surface area contributed by atoms with Crippen LogP contribution in [0.3, 0.4) is 0 Å². The highest BCUT2D eigenvalue weighted by Gasteiger charge is 2.22. The van der Waals surface area contributed by atoms with Gasteiger partial charge in [0.25, 0.3) is 0 Å². The minimum absolute atomic E-state index is 0.672. The lowest BCUT2D eigenvalue weighted by Crippen LogP contribution is -2.40. The molecule has 19 heavy (non-hydrogen) atoms. The summed E-state index contributed by atoms with van der Waals surface area (Å²) >= 11 is 0. The van der Waals surface area contributed by atoms with E-state index in [-0.39, 0.29) is 0 Å². The van der Waals surface area contributed by atoms with Crippen molar-refractivity contribution >= 4 is 0 Å². The predicted octanol–water partition coefficient (Wildman–Crippen LogP) is 2.62. The van der Waals surface area contributed by atoms with Gasteiger partial charge in [-0.25, -0.2) is 0 Å². The maximum Gasteiger partial charge on any atom is 0.0148 e. The van der Waals surface area contributed by atoms with Crippen molar-refractivity contribution in [3.8, 4) is 0 Å². The van der Waals surface area contributed by atoms with Crippen LogP contribution in [0.1, 0.15) is 36.8 Å². The summed E-state index contributed by atoms with van der Waals surface area (Å²) in [5, 5.41) is 3.77. The van der Waals surface area contributed by atoms with Gasteiger partial charge in [0.05, 0.1) is 0 Å². The van der Waals surface area contributed by atoms with Crippen LogP contribution in [-0.4, -0.2) is 37.1 Å². The Kier molecular flexibility index (Phi) is 4.19. The summed E-state index contributed by atoms with van der Waals surface area (Å²) in [5.74, 6) is 0. The van der Waals surface area contributed by atoms with E-state index in [1.54, 1.807) is 11.1 Å². The molecule has 1 heterocycles. The normalized spacial score (nSPS) is 24.6. The van der Waals surface area contributed by atoms with E-state index >= 15 is 0 Å². The highest BCUT2D eigenvalue weighted by atomic mass is 15.1. The van der Waals surface area contributed by atoms with Gasteiger partial charge in [0.2, 0.25) is 0 Å². The molecule has 1 atom stereocenters. The molecule has 2 aliphatic rings. The molecule has 3 rings (SSSR count). The molecule has 0 saturated carbocycles. The third-order valence-electron chi connectivity index (χ3n) is 4.88. The van der Waals surface area contributed by atoms with Crippen molar-refractivity contribution in [2.75, 3.05) is 20.1 Å². The van der Waals surface area contributed by atoms with Crippen LogP contribution in [0, 0.1) is 0 Å². The van der Waals surface area contributed by atoms with E-state index in [2.05, 4.69) is 41.5 Å². The fraction of sp³-hybridized carbons (Fsp3) is 0.647. The van der Waals surface area contributed by atoms with Crippen molar-refractivity contribution in [3.63, 3.8) is 0 Å². The molecule has 1 aromatic carbocycles. The summed E-state index contributed by atoms with van der Waals surface area (Å²) in [6, 6.07) is 10.4. The first-order valence-corrected chi connectivity index (χ1v) is 7.83. The Balaban J connectivity index is 1.42. The lowest BCUT2D eigenvalue weighted by molar-refractivity contribution is 0.174. The first kappa shape index (κ1) is 13.1. The zero-order chi connectivity index (χ0) is 13.1. The van der Waals surface area contributed by atoms with E-state index in [4.69, 9.17) is 0 Å². The molecule has 104 valence electrons. The average Bonchev–Trinajstić information content (AvgIpc) is 2.83. The molecule has 1 saturated heterocycles. The molecule has 2 nitrogen and oxygen atoms in total.